The zero-order valence-corrected chi connectivity index (χ0v) is 12.8. The van der Waals surface area contributed by atoms with Crippen molar-refractivity contribution in [2.45, 2.75) is 43.5 Å². The Morgan fingerprint density at radius 1 is 1.35 bits per heavy atom. The molecule has 2 atom stereocenters. The quantitative estimate of drug-likeness (QED) is 0.815. The Balaban J connectivity index is 1.81. The summed E-state index contributed by atoms with van der Waals surface area (Å²) in [4.78, 5) is 0.824. The van der Waals surface area contributed by atoms with Crippen LogP contribution in [0.5, 0.6) is 0 Å². The highest BCUT2D eigenvalue weighted by molar-refractivity contribution is 7.91. The normalized spacial score (nSPS) is 22.9. The molecule has 1 aromatic rings. The maximum Gasteiger partial charge on any atom is 0.163 e. The van der Waals surface area contributed by atoms with Gasteiger partial charge in [-0.3, -0.25) is 0 Å². The molecule has 1 N–H and O–H groups in total. The molecule has 0 radical (unpaired) electrons. The standard InChI is InChI=1S/C15H22O4S/c1-15(2)18-11-13(19-15)8-10-20(17)14-5-3-12(4-6-14)7-9-16/h3-6,13,16H,7-11H2,1-2H3/t13?,20-/m0/s1. The van der Waals surface area contributed by atoms with Crippen molar-refractivity contribution in [1.29, 1.82) is 0 Å². The first kappa shape index (κ1) is 15.8. The summed E-state index contributed by atoms with van der Waals surface area (Å²) in [7, 11) is 0. The average Bonchev–Trinajstić information content (AvgIpc) is 2.77. The van der Waals surface area contributed by atoms with Gasteiger partial charge in [-0.15, -0.1) is 0 Å². The summed E-state index contributed by atoms with van der Waals surface area (Å²) in [5.74, 6) is 0.0571. The summed E-state index contributed by atoms with van der Waals surface area (Å²) in [5.41, 5.74) is 1.06. The van der Waals surface area contributed by atoms with Crippen molar-refractivity contribution in [3.63, 3.8) is 0 Å². The predicted octanol–water partition coefficient (Wildman–Crippen LogP) is 1.87. The molecule has 0 bridgehead atoms. The van der Waals surface area contributed by atoms with Crippen molar-refractivity contribution in [3.05, 3.63) is 29.8 Å². The number of ether oxygens (including phenoxy) is 2. The highest BCUT2D eigenvalue weighted by Crippen LogP contribution is 2.25. The second-order valence-corrected chi connectivity index (χ2v) is 6.98. The molecule has 0 amide bonds. The number of hydrogen-bond donors (Lipinski definition) is 1. The molecule has 20 heavy (non-hydrogen) atoms. The van der Waals surface area contributed by atoms with Gasteiger partial charge in [-0.25, -0.2) is 0 Å². The first-order chi connectivity index (χ1) is 9.50. The van der Waals surface area contributed by atoms with E-state index in [1.54, 1.807) is 0 Å². The van der Waals surface area contributed by atoms with Gasteiger partial charge in [0, 0.05) is 13.0 Å². The van der Waals surface area contributed by atoms with Crippen LogP contribution in [0.2, 0.25) is 0 Å². The van der Waals surface area contributed by atoms with Crippen molar-refractivity contribution in [2.75, 3.05) is 19.0 Å². The average molecular weight is 298 g/mol. The number of aliphatic hydroxyl groups is 1. The Morgan fingerprint density at radius 3 is 2.60 bits per heavy atom. The largest absolute Gasteiger partial charge is 0.611 e. The fourth-order valence-corrected chi connectivity index (χ4v) is 3.35. The molecule has 1 fully saturated rings. The van der Waals surface area contributed by atoms with Crippen LogP contribution in [-0.2, 0) is 27.1 Å². The maximum absolute atomic E-state index is 12.2. The molecule has 4 nitrogen and oxygen atoms in total. The van der Waals surface area contributed by atoms with Crippen LogP contribution in [0.1, 0.15) is 25.8 Å². The Hall–Kier alpha value is -0.590. The van der Waals surface area contributed by atoms with Gasteiger partial charge in [0.2, 0.25) is 0 Å². The van der Waals surface area contributed by atoms with Gasteiger partial charge in [-0.1, -0.05) is 12.1 Å². The van der Waals surface area contributed by atoms with Crippen LogP contribution in [0.25, 0.3) is 0 Å². The lowest BCUT2D eigenvalue weighted by Crippen LogP contribution is -2.23. The van der Waals surface area contributed by atoms with E-state index < -0.39 is 17.0 Å². The van der Waals surface area contributed by atoms with Gasteiger partial charge in [0.1, 0.15) is 5.75 Å². The molecule has 1 saturated heterocycles. The second kappa shape index (κ2) is 6.91. The van der Waals surface area contributed by atoms with Gasteiger partial charge in [-0.2, -0.15) is 0 Å². The highest BCUT2D eigenvalue weighted by atomic mass is 32.2. The lowest BCUT2D eigenvalue weighted by Gasteiger charge is -2.17. The fourth-order valence-electron chi connectivity index (χ4n) is 2.20. The maximum atomic E-state index is 12.2. The summed E-state index contributed by atoms with van der Waals surface area (Å²) < 4.78 is 23.4. The molecule has 0 saturated carbocycles. The van der Waals surface area contributed by atoms with Crippen molar-refractivity contribution in [2.24, 2.45) is 0 Å². The highest BCUT2D eigenvalue weighted by Gasteiger charge is 2.33. The lowest BCUT2D eigenvalue weighted by molar-refractivity contribution is -0.138. The molecule has 0 aromatic heterocycles. The zero-order valence-electron chi connectivity index (χ0n) is 12.0. The van der Waals surface area contributed by atoms with Crippen LogP contribution in [0.3, 0.4) is 0 Å². The summed E-state index contributed by atoms with van der Waals surface area (Å²) in [6.07, 6.45) is 1.39. The summed E-state index contributed by atoms with van der Waals surface area (Å²) in [6, 6.07) is 7.58. The van der Waals surface area contributed by atoms with Crippen molar-refractivity contribution >= 4 is 11.2 Å². The monoisotopic (exact) mass is 298 g/mol. The molecular weight excluding hydrogens is 276 g/mol. The molecule has 2 rings (SSSR count). The number of benzene rings is 1. The Morgan fingerprint density at radius 2 is 2.05 bits per heavy atom. The molecule has 112 valence electrons. The topological polar surface area (TPSA) is 61.8 Å². The van der Waals surface area contributed by atoms with E-state index in [1.807, 2.05) is 38.1 Å². The third-order valence-corrected chi connectivity index (χ3v) is 4.68. The van der Waals surface area contributed by atoms with Gasteiger partial charge in [0.05, 0.1) is 12.7 Å². The first-order valence-corrected chi connectivity index (χ1v) is 8.22. The van der Waals surface area contributed by atoms with Crippen molar-refractivity contribution in [1.82, 2.24) is 0 Å². The van der Waals surface area contributed by atoms with Crippen molar-refractivity contribution in [3.8, 4) is 0 Å². The Bertz CT molecular complexity index is 418. The van der Waals surface area contributed by atoms with E-state index in [1.165, 1.54) is 0 Å². The van der Waals surface area contributed by atoms with Gasteiger partial charge in [-0.05, 0) is 49.1 Å². The van der Waals surface area contributed by atoms with Crippen LogP contribution in [0.4, 0.5) is 0 Å². The van der Waals surface area contributed by atoms with E-state index in [-0.39, 0.29) is 12.7 Å². The molecule has 1 unspecified atom stereocenters. The van der Waals surface area contributed by atoms with E-state index in [4.69, 9.17) is 14.6 Å². The van der Waals surface area contributed by atoms with E-state index in [2.05, 4.69) is 0 Å². The third kappa shape index (κ3) is 4.46. The molecule has 1 aliphatic heterocycles. The molecular formula is C15H22O4S. The SMILES string of the molecule is CC1(C)OCC(CC[S@+]([O-])c2ccc(CCO)cc2)O1. The Labute approximate surface area is 123 Å². The van der Waals surface area contributed by atoms with Gasteiger partial charge in [0.15, 0.2) is 10.7 Å². The molecule has 5 heteroatoms. The first-order valence-electron chi connectivity index (χ1n) is 6.90. The predicted molar refractivity (Wildman–Crippen MR) is 78.0 cm³/mol. The molecule has 0 spiro atoms. The smallest absolute Gasteiger partial charge is 0.163 e. The minimum absolute atomic E-state index is 0.0302. The van der Waals surface area contributed by atoms with Crippen LogP contribution in [-0.4, -0.2) is 40.5 Å². The van der Waals surface area contributed by atoms with E-state index in [9.17, 15) is 4.55 Å². The van der Waals surface area contributed by atoms with Gasteiger partial charge < -0.3 is 19.1 Å². The molecule has 1 aromatic carbocycles. The van der Waals surface area contributed by atoms with E-state index >= 15 is 0 Å². The Kier molecular flexibility index (Phi) is 5.46. The van der Waals surface area contributed by atoms with E-state index in [0.29, 0.717) is 18.8 Å². The van der Waals surface area contributed by atoms with E-state index in [0.717, 1.165) is 16.9 Å². The molecule has 1 heterocycles. The van der Waals surface area contributed by atoms with Gasteiger partial charge in [0.25, 0.3) is 0 Å². The number of hydrogen-bond acceptors (Lipinski definition) is 4. The minimum Gasteiger partial charge on any atom is -0.611 e. The third-order valence-electron chi connectivity index (χ3n) is 3.28. The van der Waals surface area contributed by atoms with Gasteiger partial charge >= 0.3 is 0 Å². The molecule has 1 aliphatic rings. The second-order valence-electron chi connectivity index (χ2n) is 5.41. The van der Waals surface area contributed by atoms with Crippen LogP contribution >= 0.6 is 0 Å². The molecule has 0 aliphatic carbocycles. The summed E-state index contributed by atoms with van der Waals surface area (Å²) >= 11 is -1.01. The summed E-state index contributed by atoms with van der Waals surface area (Å²) in [6.45, 7) is 4.49. The number of rotatable bonds is 6. The minimum atomic E-state index is -1.01. The number of aliphatic hydroxyl groups excluding tert-OH is 1. The van der Waals surface area contributed by atoms with Crippen molar-refractivity contribution < 1.29 is 19.1 Å². The fraction of sp³-hybridized carbons (Fsp3) is 0.600. The zero-order chi connectivity index (χ0) is 14.6. The lowest BCUT2D eigenvalue weighted by atomic mass is 10.2. The van der Waals surface area contributed by atoms with Crippen LogP contribution in [0, 0.1) is 0 Å². The van der Waals surface area contributed by atoms with Crippen LogP contribution in [0.15, 0.2) is 29.2 Å². The summed E-state index contributed by atoms with van der Waals surface area (Å²) in [5, 5.41) is 8.86. The van der Waals surface area contributed by atoms with Crippen LogP contribution < -0.4 is 0 Å².